The molecule has 0 saturated heterocycles. The molecule has 1 N–H and O–H groups in total. The number of nitrogens with zero attached hydrogens (tertiary/aromatic N) is 1. The summed E-state index contributed by atoms with van der Waals surface area (Å²) in [4.78, 5) is 1.05. The van der Waals surface area contributed by atoms with Gasteiger partial charge in [0.2, 0.25) is 0 Å². The molecule has 0 bridgehead atoms. The minimum atomic E-state index is 0.595. The fraction of sp³-hybridized carbons (Fsp3) is 0.409. The number of fused-ring (bicyclic) bond motifs is 1. The van der Waals surface area contributed by atoms with Gasteiger partial charge in [-0.05, 0) is 60.9 Å². The summed E-state index contributed by atoms with van der Waals surface area (Å²) in [5, 5.41) is 5.37. The van der Waals surface area contributed by atoms with Gasteiger partial charge in [-0.1, -0.05) is 49.5 Å². The fourth-order valence-corrected chi connectivity index (χ4v) is 4.73. The maximum absolute atomic E-state index is 5.77. The molecular formula is C22H26N2O2S. The predicted octanol–water partition coefficient (Wildman–Crippen LogP) is 6.57. The first-order chi connectivity index (χ1) is 13.3. The second-order valence-electron chi connectivity index (χ2n) is 7.13. The lowest BCUT2D eigenvalue weighted by Crippen LogP contribution is -2.04. The van der Waals surface area contributed by atoms with E-state index in [1.807, 2.05) is 6.07 Å². The molecule has 27 heavy (non-hydrogen) atoms. The van der Waals surface area contributed by atoms with Gasteiger partial charge >= 0.3 is 0 Å². The highest BCUT2D eigenvalue weighted by molar-refractivity contribution is 8.00. The van der Waals surface area contributed by atoms with Crippen molar-refractivity contribution in [2.75, 3.05) is 11.8 Å². The first-order valence-corrected chi connectivity index (χ1v) is 10.6. The zero-order valence-electron chi connectivity index (χ0n) is 16.0. The summed E-state index contributed by atoms with van der Waals surface area (Å²) in [5.74, 6) is 2.23. The summed E-state index contributed by atoms with van der Waals surface area (Å²) in [7, 11) is 1.70. The summed E-state index contributed by atoms with van der Waals surface area (Å²) < 4.78 is 14.6. The zero-order chi connectivity index (χ0) is 18.6. The summed E-state index contributed by atoms with van der Waals surface area (Å²) in [5.41, 5.74) is 3.52. The van der Waals surface area contributed by atoms with Gasteiger partial charge in [0.05, 0.1) is 17.4 Å². The van der Waals surface area contributed by atoms with E-state index in [9.17, 15) is 0 Å². The maximum atomic E-state index is 5.77. The minimum absolute atomic E-state index is 0.595. The Morgan fingerprint density at radius 2 is 2.04 bits per heavy atom. The van der Waals surface area contributed by atoms with Gasteiger partial charge in [0, 0.05) is 5.56 Å². The summed E-state index contributed by atoms with van der Waals surface area (Å²) >= 11 is 1.52. The Labute approximate surface area is 164 Å². The van der Waals surface area contributed by atoms with Crippen molar-refractivity contribution in [3.8, 4) is 5.75 Å². The molecule has 1 heterocycles. The van der Waals surface area contributed by atoms with Gasteiger partial charge in [-0.2, -0.15) is 0 Å². The third-order valence-corrected chi connectivity index (χ3v) is 6.30. The van der Waals surface area contributed by atoms with Crippen molar-refractivity contribution < 1.29 is 9.26 Å². The number of aromatic nitrogens is 1. The number of ether oxygens (including phenoxy) is 1. The lowest BCUT2D eigenvalue weighted by atomic mass is 9.83. The normalized spacial score (nSPS) is 15.2. The Morgan fingerprint density at radius 3 is 2.81 bits per heavy atom. The van der Waals surface area contributed by atoms with Crippen LogP contribution < -0.4 is 9.46 Å². The number of hydrogen-bond donors (Lipinski definition) is 1. The lowest BCUT2D eigenvalue weighted by Gasteiger charge is -2.21. The number of rotatable bonds is 6. The standard InChI is InChI=1S/C22H26N2O2S/c1-3-15-12-13-19(25-2)20(14-15)27-24-22-18-11-7-10-17(21(18)26-23-22)16-8-5-4-6-9-16/h7,10-14,16H,3-6,8-9H2,1-2H3,(H,23,24). The molecule has 4 rings (SSSR count). The molecule has 3 aromatic rings. The molecule has 1 aliphatic rings. The number of methoxy groups -OCH3 is 1. The van der Waals surface area contributed by atoms with E-state index >= 15 is 0 Å². The van der Waals surface area contributed by atoms with Crippen LogP contribution >= 0.6 is 11.9 Å². The molecule has 0 amide bonds. The van der Waals surface area contributed by atoms with Gasteiger partial charge in [-0.15, -0.1) is 0 Å². The Hall–Kier alpha value is -2.14. The number of para-hydroxylation sites is 1. The van der Waals surface area contributed by atoms with Crippen LogP contribution in [0.2, 0.25) is 0 Å². The van der Waals surface area contributed by atoms with E-state index in [0.29, 0.717) is 5.92 Å². The number of benzene rings is 2. The molecule has 1 fully saturated rings. The van der Waals surface area contributed by atoms with Crippen molar-refractivity contribution in [1.82, 2.24) is 5.16 Å². The van der Waals surface area contributed by atoms with Crippen LogP contribution in [0.5, 0.6) is 5.75 Å². The van der Waals surface area contributed by atoms with Crippen LogP contribution in [-0.4, -0.2) is 12.3 Å². The topological polar surface area (TPSA) is 47.3 Å². The van der Waals surface area contributed by atoms with E-state index in [1.165, 1.54) is 55.2 Å². The van der Waals surface area contributed by atoms with Crippen molar-refractivity contribution in [3.63, 3.8) is 0 Å². The Kier molecular flexibility index (Phi) is 5.58. The van der Waals surface area contributed by atoms with E-state index in [1.54, 1.807) is 7.11 Å². The Morgan fingerprint density at radius 1 is 1.19 bits per heavy atom. The second-order valence-corrected chi connectivity index (χ2v) is 7.98. The molecule has 2 aromatic carbocycles. The molecule has 142 valence electrons. The summed E-state index contributed by atoms with van der Waals surface area (Å²) in [6.45, 7) is 2.15. The number of aryl methyl sites for hydroxylation is 1. The van der Waals surface area contributed by atoms with Crippen LogP contribution in [0.3, 0.4) is 0 Å². The van der Waals surface area contributed by atoms with Gasteiger partial charge < -0.3 is 14.0 Å². The predicted molar refractivity (Wildman–Crippen MR) is 112 cm³/mol. The molecule has 0 unspecified atom stereocenters. The van der Waals surface area contributed by atoms with Crippen LogP contribution in [0.15, 0.2) is 45.8 Å². The smallest absolute Gasteiger partial charge is 0.187 e. The molecule has 0 radical (unpaired) electrons. The Bertz CT molecular complexity index is 916. The minimum Gasteiger partial charge on any atom is -0.496 e. The van der Waals surface area contributed by atoms with Gasteiger partial charge in [-0.25, -0.2) is 0 Å². The lowest BCUT2D eigenvalue weighted by molar-refractivity contribution is 0.404. The highest BCUT2D eigenvalue weighted by atomic mass is 32.2. The third-order valence-electron chi connectivity index (χ3n) is 5.47. The number of nitrogens with one attached hydrogen (secondary N) is 1. The van der Waals surface area contributed by atoms with Crippen LogP contribution in [0.4, 0.5) is 5.82 Å². The van der Waals surface area contributed by atoms with E-state index in [0.717, 1.165) is 33.9 Å². The third kappa shape index (κ3) is 3.79. The monoisotopic (exact) mass is 382 g/mol. The molecular weight excluding hydrogens is 356 g/mol. The number of hydrogen-bond acceptors (Lipinski definition) is 5. The molecule has 1 aliphatic carbocycles. The van der Waals surface area contributed by atoms with Crippen molar-refractivity contribution in [1.29, 1.82) is 0 Å². The summed E-state index contributed by atoms with van der Waals surface area (Å²) in [6, 6.07) is 12.7. The van der Waals surface area contributed by atoms with Crippen LogP contribution in [0.1, 0.15) is 56.1 Å². The fourth-order valence-electron chi connectivity index (χ4n) is 3.92. The molecule has 0 atom stereocenters. The average Bonchev–Trinajstić information content (AvgIpc) is 3.15. The van der Waals surface area contributed by atoms with Crippen molar-refractivity contribution in [2.45, 2.75) is 56.3 Å². The van der Waals surface area contributed by atoms with E-state index in [-0.39, 0.29) is 0 Å². The van der Waals surface area contributed by atoms with E-state index in [2.05, 4.69) is 47.1 Å². The van der Waals surface area contributed by atoms with Crippen LogP contribution in [0, 0.1) is 0 Å². The Balaban J connectivity index is 1.58. The average molecular weight is 383 g/mol. The first-order valence-electron chi connectivity index (χ1n) is 9.78. The second kappa shape index (κ2) is 8.26. The van der Waals surface area contributed by atoms with Gasteiger partial charge in [0.1, 0.15) is 5.75 Å². The van der Waals surface area contributed by atoms with Crippen LogP contribution in [0.25, 0.3) is 11.0 Å². The van der Waals surface area contributed by atoms with E-state index in [4.69, 9.17) is 9.26 Å². The molecule has 0 aliphatic heterocycles. The maximum Gasteiger partial charge on any atom is 0.187 e. The zero-order valence-corrected chi connectivity index (χ0v) is 16.8. The molecule has 1 saturated carbocycles. The quantitative estimate of drug-likeness (QED) is 0.489. The first kappa shape index (κ1) is 18.2. The molecule has 5 heteroatoms. The van der Waals surface area contributed by atoms with Gasteiger partial charge in [0.25, 0.3) is 0 Å². The summed E-state index contributed by atoms with van der Waals surface area (Å²) in [6.07, 6.45) is 7.46. The highest BCUT2D eigenvalue weighted by Gasteiger charge is 2.21. The molecule has 1 aromatic heterocycles. The SMILES string of the molecule is CCc1ccc(OC)c(SNc2noc3c(C4CCCCC4)cccc23)c1. The molecule has 4 nitrogen and oxygen atoms in total. The van der Waals surface area contributed by atoms with Crippen molar-refractivity contribution in [2.24, 2.45) is 0 Å². The van der Waals surface area contributed by atoms with Gasteiger partial charge in [-0.3, -0.25) is 0 Å². The van der Waals surface area contributed by atoms with Crippen LogP contribution in [-0.2, 0) is 6.42 Å². The largest absolute Gasteiger partial charge is 0.496 e. The highest BCUT2D eigenvalue weighted by Crippen LogP contribution is 2.39. The van der Waals surface area contributed by atoms with Crippen molar-refractivity contribution >= 4 is 28.7 Å². The molecule has 0 spiro atoms. The van der Waals surface area contributed by atoms with E-state index < -0.39 is 0 Å². The van der Waals surface area contributed by atoms with Gasteiger partial charge in [0.15, 0.2) is 11.4 Å². The van der Waals surface area contributed by atoms with Crippen molar-refractivity contribution in [3.05, 3.63) is 47.5 Å². The number of anilines is 1.